The highest BCUT2D eigenvalue weighted by molar-refractivity contribution is 6.31. The smallest absolute Gasteiger partial charge is 0.266 e. The molecule has 0 fully saturated rings. The first-order chi connectivity index (χ1) is 13.4. The lowest BCUT2D eigenvalue weighted by atomic mass is 10.1. The lowest BCUT2D eigenvalue weighted by Gasteiger charge is -2.08. The van der Waals surface area contributed by atoms with Crippen LogP contribution in [0.3, 0.4) is 0 Å². The summed E-state index contributed by atoms with van der Waals surface area (Å²) in [4.78, 5) is 12.4. The fourth-order valence-electron chi connectivity index (χ4n) is 2.67. The minimum atomic E-state index is -0.530. The number of amides is 1. The first kappa shape index (κ1) is 19.4. The second-order valence-corrected chi connectivity index (χ2v) is 6.68. The predicted molar refractivity (Wildman–Crippen MR) is 107 cm³/mol. The zero-order chi connectivity index (χ0) is 20.3. The standard InChI is InChI=1S/C22H16ClFN2O2/c1-13-3-7-20(14(2)9-13)26-22(27)16(12-25)10-17-5-8-21(28-17)15-4-6-19(24)18(23)11-15/h3-11H,1-2H3,(H,26,27)/b16-10+. The van der Waals surface area contributed by atoms with Crippen LogP contribution in [0.4, 0.5) is 10.1 Å². The molecule has 0 bridgehead atoms. The highest BCUT2D eigenvalue weighted by Gasteiger charge is 2.13. The molecule has 1 aromatic heterocycles. The second-order valence-electron chi connectivity index (χ2n) is 6.27. The minimum absolute atomic E-state index is 0.0171. The van der Waals surface area contributed by atoms with Gasteiger partial charge in [-0.1, -0.05) is 29.3 Å². The van der Waals surface area contributed by atoms with Crippen LogP contribution in [0, 0.1) is 31.0 Å². The molecule has 1 N–H and O–H groups in total. The van der Waals surface area contributed by atoms with E-state index in [9.17, 15) is 14.4 Å². The summed E-state index contributed by atoms with van der Waals surface area (Å²) in [5.74, 6) is -0.285. The molecule has 0 saturated carbocycles. The summed E-state index contributed by atoms with van der Waals surface area (Å²) in [6.07, 6.45) is 1.35. The third-order valence-corrected chi connectivity index (χ3v) is 4.40. The largest absolute Gasteiger partial charge is 0.457 e. The van der Waals surface area contributed by atoms with Gasteiger partial charge in [0, 0.05) is 17.3 Å². The normalized spacial score (nSPS) is 11.2. The zero-order valence-corrected chi connectivity index (χ0v) is 16.0. The molecule has 0 aliphatic rings. The van der Waals surface area contributed by atoms with Crippen LogP contribution < -0.4 is 5.32 Å². The van der Waals surface area contributed by atoms with Crippen molar-refractivity contribution in [2.24, 2.45) is 0 Å². The lowest BCUT2D eigenvalue weighted by molar-refractivity contribution is -0.112. The number of furan rings is 1. The van der Waals surface area contributed by atoms with Gasteiger partial charge in [-0.2, -0.15) is 5.26 Å². The van der Waals surface area contributed by atoms with E-state index in [2.05, 4.69) is 5.32 Å². The number of nitriles is 1. The van der Waals surface area contributed by atoms with Gasteiger partial charge < -0.3 is 9.73 Å². The molecule has 3 rings (SSSR count). The molecule has 0 atom stereocenters. The van der Waals surface area contributed by atoms with Crippen LogP contribution in [-0.2, 0) is 4.79 Å². The van der Waals surface area contributed by atoms with E-state index in [1.54, 1.807) is 18.2 Å². The fourth-order valence-corrected chi connectivity index (χ4v) is 2.85. The Bertz CT molecular complexity index is 1130. The molecule has 0 saturated heterocycles. The van der Waals surface area contributed by atoms with Crippen molar-refractivity contribution in [3.05, 3.63) is 81.8 Å². The number of carbonyl (C=O) groups is 1. The molecule has 0 aliphatic heterocycles. The van der Waals surface area contributed by atoms with Crippen LogP contribution in [0.5, 0.6) is 0 Å². The van der Waals surface area contributed by atoms with E-state index < -0.39 is 11.7 Å². The molecule has 0 radical (unpaired) electrons. The van der Waals surface area contributed by atoms with Crippen LogP contribution in [0.1, 0.15) is 16.9 Å². The van der Waals surface area contributed by atoms with Gasteiger partial charge in [0.25, 0.3) is 5.91 Å². The molecule has 0 spiro atoms. The number of benzene rings is 2. The maximum absolute atomic E-state index is 13.3. The van der Waals surface area contributed by atoms with Gasteiger partial charge in [-0.15, -0.1) is 0 Å². The van der Waals surface area contributed by atoms with Crippen LogP contribution >= 0.6 is 11.6 Å². The summed E-state index contributed by atoms with van der Waals surface area (Å²) in [6, 6.07) is 15.0. The van der Waals surface area contributed by atoms with E-state index in [0.29, 0.717) is 22.8 Å². The molecular formula is C22H16ClFN2O2. The molecule has 1 amide bonds. The highest BCUT2D eigenvalue weighted by atomic mass is 35.5. The summed E-state index contributed by atoms with van der Waals surface area (Å²) in [5, 5.41) is 12.1. The van der Waals surface area contributed by atoms with E-state index in [4.69, 9.17) is 16.0 Å². The third kappa shape index (κ3) is 4.30. The van der Waals surface area contributed by atoms with Crippen molar-refractivity contribution >= 4 is 29.3 Å². The predicted octanol–water partition coefficient (Wildman–Crippen LogP) is 5.90. The van der Waals surface area contributed by atoms with Crippen LogP contribution in [-0.4, -0.2) is 5.91 Å². The Morgan fingerprint density at radius 3 is 2.64 bits per heavy atom. The molecule has 2 aromatic carbocycles. The number of hydrogen-bond donors (Lipinski definition) is 1. The molecular weight excluding hydrogens is 379 g/mol. The fraction of sp³-hybridized carbons (Fsp3) is 0.0909. The van der Waals surface area contributed by atoms with Gasteiger partial charge in [0.2, 0.25) is 0 Å². The molecule has 0 unspecified atom stereocenters. The molecule has 28 heavy (non-hydrogen) atoms. The monoisotopic (exact) mass is 394 g/mol. The van der Waals surface area contributed by atoms with Crippen molar-refractivity contribution in [1.82, 2.24) is 0 Å². The van der Waals surface area contributed by atoms with Crippen molar-refractivity contribution in [3.8, 4) is 17.4 Å². The van der Waals surface area contributed by atoms with Crippen molar-refractivity contribution < 1.29 is 13.6 Å². The van der Waals surface area contributed by atoms with E-state index in [-0.39, 0.29) is 10.6 Å². The van der Waals surface area contributed by atoms with Crippen molar-refractivity contribution in [3.63, 3.8) is 0 Å². The number of carbonyl (C=O) groups excluding carboxylic acids is 1. The number of halogens is 2. The average molecular weight is 395 g/mol. The van der Waals surface area contributed by atoms with Crippen molar-refractivity contribution in [2.45, 2.75) is 13.8 Å². The van der Waals surface area contributed by atoms with Gasteiger partial charge in [0.05, 0.1) is 5.02 Å². The molecule has 1 heterocycles. The first-order valence-electron chi connectivity index (χ1n) is 8.43. The van der Waals surface area contributed by atoms with Gasteiger partial charge in [-0.3, -0.25) is 4.79 Å². The number of nitrogens with zero attached hydrogens (tertiary/aromatic N) is 1. The van der Waals surface area contributed by atoms with Gasteiger partial charge in [-0.25, -0.2) is 4.39 Å². The van der Waals surface area contributed by atoms with Crippen LogP contribution in [0.2, 0.25) is 5.02 Å². The Labute approximate surface area is 166 Å². The first-order valence-corrected chi connectivity index (χ1v) is 8.81. The van der Waals surface area contributed by atoms with Crippen molar-refractivity contribution in [1.29, 1.82) is 5.26 Å². The Hall–Kier alpha value is -3.36. The summed E-state index contributed by atoms with van der Waals surface area (Å²) < 4.78 is 19.0. The summed E-state index contributed by atoms with van der Waals surface area (Å²) >= 11 is 5.79. The van der Waals surface area contributed by atoms with Gasteiger partial charge in [0.1, 0.15) is 29.0 Å². The number of anilines is 1. The highest BCUT2D eigenvalue weighted by Crippen LogP contribution is 2.27. The summed E-state index contributed by atoms with van der Waals surface area (Å²) in [6.45, 7) is 3.84. The Balaban J connectivity index is 1.82. The molecule has 4 nitrogen and oxygen atoms in total. The molecule has 3 aromatic rings. The summed E-state index contributed by atoms with van der Waals surface area (Å²) in [7, 11) is 0. The number of hydrogen-bond acceptors (Lipinski definition) is 3. The van der Waals surface area contributed by atoms with E-state index in [1.165, 1.54) is 24.3 Å². The van der Waals surface area contributed by atoms with Crippen molar-refractivity contribution in [2.75, 3.05) is 5.32 Å². The van der Waals surface area contributed by atoms with Crippen LogP contribution in [0.15, 0.2) is 58.5 Å². The minimum Gasteiger partial charge on any atom is -0.457 e. The van der Waals surface area contributed by atoms with E-state index in [1.807, 2.05) is 32.0 Å². The zero-order valence-electron chi connectivity index (χ0n) is 15.2. The lowest BCUT2D eigenvalue weighted by Crippen LogP contribution is -2.14. The maximum atomic E-state index is 13.3. The molecule has 140 valence electrons. The Kier molecular flexibility index (Phi) is 5.62. The van der Waals surface area contributed by atoms with Gasteiger partial charge in [0.15, 0.2) is 0 Å². The van der Waals surface area contributed by atoms with Crippen LogP contribution in [0.25, 0.3) is 17.4 Å². The SMILES string of the molecule is Cc1ccc(NC(=O)/C(C#N)=C/c2ccc(-c3ccc(F)c(Cl)c3)o2)c(C)c1. The quantitative estimate of drug-likeness (QED) is 0.442. The van der Waals surface area contributed by atoms with E-state index >= 15 is 0 Å². The molecule has 6 heteroatoms. The van der Waals surface area contributed by atoms with E-state index in [0.717, 1.165) is 11.1 Å². The molecule has 0 aliphatic carbocycles. The second kappa shape index (κ2) is 8.12. The Morgan fingerprint density at radius 1 is 1.18 bits per heavy atom. The van der Waals surface area contributed by atoms with Gasteiger partial charge in [-0.05, 0) is 55.8 Å². The number of rotatable bonds is 4. The Morgan fingerprint density at radius 2 is 1.96 bits per heavy atom. The summed E-state index contributed by atoms with van der Waals surface area (Å²) in [5.41, 5.74) is 3.11. The average Bonchev–Trinajstić information content (AvgIpc) is 3.13. The number of nitrogens with one attached hydrogen (secondary N) is 1. The maximum Gasteiger partial charge on any atom is 0.266 e. The third-order valence-electron chi connectivity index (χ3n) is 4.11. The van der Waals surface area contributed by atoms with Gasteiger partial charge >= 0.3 is 0 Å². The topological polar surface area (TPSA) is 66.0 Å². The number of aryl methyl sites for hydroxylation is 2.